The van der Waals surface area contributed by atoms with Gasteiger partial charge in [0, 0.05) is 12.1 Å². The Hall–Kier alpha value is -2.26. The van der Waals surface area contributed by atoms with Crippen LogP contribution < -0.4 is 10.6 Å². The van der Waals surface area contributed by atoms with Gasteiger partial charge in [0.2, 0.25) is 11.8 Å². The number of aliphatic hydroxyl groups excluding tert-OH is 1. The van der Waals surface area contributed by atoms with Crippen molar-refractivity contribution in [3.63, 3.8) is 0 Å². The monoisotopic (exact) mass is 509 g/mol. The lowest BCUT2D eigenvalue weighted by atomic mass is 9.95. The van der Waals surface area contributed by atoms with Crippen LogP contribution in [0.25, 0.3) is 0 Å². The topological polar surface area (TPSA) is 108 Å². The largest absolute Gasteiger partial charge is 0.444 e. The van der Waals surface area contributed by atoms with E-state index in [4.69, 9.17) is 4.74 Å². The van der Waals surface area contributed by atoms with Crippen molar-refractivity contribution in [1.29, 1.82) is 0 Å². The first-order chi connectivity index (χ1) is 16.1. The molecule has 0 aliphatic heterocycles. The fraction of sp³-hybridized carbons (Fsp3) is 0.654. The number of nitrogens with zero attached hydrogens (tertiary/aromatic N) is 1. The number of amides is 3. The second-order valence-electron chi connectivity index (χ2n) is 10.7. The number of aliphatic hydroxyl groups is 1. The molecule has 1 aromatic carbocycles. The number of ether oxygens (including phenoxy) is 1. The Bertz CT molecular complexity index is 877. The maximum absolute atomic E-state index is 13.9. The van der Waals surface area contributed by atoms with Gasteiger partial charge in [0.25, 0.3) is 0 Å². The van der Waals surface area contributed by atoms with Crippen molar-refractivity contribution in [1.82, 2.24) is 15.5 Å². The van der Waals surface area contributed by atoms with Crippen molar-refractivity contribution in [3.05, 3.63) is 34.9 Å². The summed E-state index contributed by atoms with van der Waals surface area (Å²) < 4.78 is 5.38. The normalized spacial score (nSPS) is 13.5. The molecule has 1 aromatic rings. The summed E-state index contributed by atoms with van der Waals surface area (Å²) in [6.07, 6.45) is 1.56. The molecule has 0 bridgehead atoms. The Labute approximate surface area is 214 Å². The molecule has 0 aliphatic carbocycles. The first kappa shape index (κ1) is 30.8. The summed E-state index contributed by atoms with van der Waals surface area (Å²) >= 11 is 1.54. The SMILES string of the molecule is CSCCC(NC(=O)OC(C)(C)C)C(=O)N(CCO)C(C(=O)NC(C)(C)C)c1cc(C)ccc1C. The van der Waals surface area contributed by atoms with Crippen LogP contribution in [-0.2, 0) is 14.3 Å². The summed E-state index contributed by atoms with van der Waals surface area (Å²) in [5.74, 6) is -0.190. The number of hydrogen-bond donors (Lipinski definition) is 3. The van der Waals surface area contributed by atoms with Gasteiger partial charge in [-0.3, -0.25) is 9.59 Å². The van der Waals surface area contributed by atoms with Crippen LogP contribution in [0.1, 0.15) is 70.7 Å². The fourth-order valence-electron chi connectivity index (χ4n) is 3.56. The second kappa shape index (κ2) is 13.2. The van der Waals surface area contributed by atoms with Crippen molar-refractivity contribution in [2.45, 2.75) is 85.0 Å². The molecule has 0 aromatic heterocycles. The van der Waals surface area contributed by atoms with Crippen molar-refractivity contribution < 1.29 is 24.2 Å². The number of carbonyl (C=O) groups excluding carboxylic acids is 3. The van der Waals surface area contributed by atoms with Gasteiger partial charge in [-0.05, 0) is 84.9 Å². The van der Waals surface area contributed by atoms with Gasteiger partial charge in [0.1, 0.15) is 17.7 Å². The summed E-state index contributed by atoms with van der Waals surface area (Å²) in [6.45, 7) is 14.3. The predicted molar refractivity (Wildman–Crippen MR) is 142 cm³/mol. The molecule has 0 aliphatic rings. The van der Waals surface area contributed by atoms with Crippen LogP contribution in [0.4, 0.5) is 4.79 Å². The predicted octanol–water partition coefficient (Wildman–Crippen LogP) is 3.73. The molecular formula is C26H43N3O5S. The molecule has 8 nitrogen and oxygen atoms in total. The maximum atomic E-state index is 13.9. The van der Waals surface area contributed by atoms with Gasteiger partial charge in [0.05, 0.1) is 6.61 Å². The van der Waals surface area contributed by atoms with Gasteiger partial charge < -0.3 is 25.4 Å². The Balaban J connectivity index is 3.51. The molecule has 0 saturated carbocycles. The van der Waals surface area contributed by atoms with E-state index in [1.165, 1.54) is 4.90 Å². The lowest BCUT2D eigenvalue weighted by Gasteiger charge is -2.36. The maximum Gasteiger partial charge on any atom is 0.408 e. The minimum atomic E-state index is -0.981. The van der Waals surface area contributed by atoms with Gasteiger partial charge in [-0.15, -0.1) is 0 Å². The van der Waals surface area contributed by atoms with Gasteiger partial charge in [-0.1, -0.05) is 23.8 Å². The molecule has 3 amide bonds. The van der Waals surface area contributed by atoms with Gasteiger partial charge in [0.15, 0.2) is 0 Å². The van der Waals surface area contributed by atoms with Crippen LogP contribution in [-0.4, -0.2) is 70.3 Å². The quantitative estimate of drug-likeness (QED) is 0.444. The third kappa shape index (κ3) is 10.5. The van der Waals surface area contributed by atoms with Crippen LogP contribution in [0.2, 0.25) is 0 Å². The zero-order valence-corrected chi connectivity index (χ0v) is 23.5. The van der Waals surface area contributed by atoms with Crippen molar-refractivity contribution >= 4 is 29.7 Å². The summed E-state index contributed by atoms with van der Waals surface area (Å²) in [6, 6.07) is 3.84. The van der Waals surface area contributed by atoms with E-state index in [0.29, 0.717) is 17.7 Å². The molecule has 0 saturated heterocycles. The molecular weight excluding hydrogens is 466 g/mol. The number of rotatable bonds is 10. The van der Waals surface area contributed by atoms with E-state index in [9.17, 15) is 19.5 Å². The first-order valence-corrected chi connectivity index (χ1v) is 13.3. The van der Waals surface area contributed by atoms with Crippen LogP contribution in [0.3, 0.4) is 0 Å². The third-order valence-electron chi connectivity index (χ3n) is 5.01. The summed E-state index contributed by atoms with van der Waals surface area (Å²) in [7, 11) is 0. The molecule has 0 heterocycles. The van der Waals surface area contributed by atoms with Crippen LogP contribution in [0.15, 0.2) is 18.2 Å². The molecule has 1 rings (SSSR count). The van der Waals surface area contributed by atoms with Crippen LogP contribution >= 0.6 is 11.8 Å². The van der Waals surface area contributed by atoms with Crippen molar-refractivity contribution in [3.8, 4) is 0 Å². The minimum absolute atomic E-state index is 0.0692. The zero-order chi connectivity index (χ0) is 27.0. The Morgan fingerprint density at radius 1 is 1.11 bits per heavy atom. The smallest absolute Gasteiger partial charge is 0.408 e. The van der Waals surface area contributed by atoms with Gasteiger partial charge >= 0.3 is 6.09 Å². The summed E-state index contributed by atoms with van der Waals surface area (Å²) in [5.41, 5.74) is 1.21. The van der Waals surface area contributed by atoms with E-state index >= 15 is 0 Å². The van der Waals surface area contributed by atoms with E-state index < -0.39 is 35.2 Å². The van der Waals surface area contributed by atoms with E-state index in [1.54, 1.807) is 32.5 Å². The minimum Gasteiger partial charge on any atom is -0.444 e. The molecule has 3 N–H and O–H groups in total. The lowest BCUT2D eigenvalue weighted by molar-refractivity contribution is -0.143. The molecule has 0 fully saturated rings. The number of benzene rings is 1. The average molecular weight is 510 g/mol. The zero-order valence-electron chi connectivity index (χ0n) is 22.7. The highest BCUT2D eigenvalue weighted by atomic mass is 32.2. The number of alkyl carbamates (subject to hydrolysis) is 1. The second-order valence-corrected chi connectivity index (χ2v) is 11.7. The Morgan fingerprint density at radius 3 is 2.26 bits per heavy atom. The number of thioether (sulfide) groups is 1. The first-order valence-electron chi connectivity index (χ1n) is 11.9. The highest BCUT2D eigenvalue weighted by Crippen LogP contribution is 2.27. The van der Waals surface area contributed by atoms with E-state index in [2.05, 4.69) is 10.6 Å². The Morgan fingerprint density at radius 2 is 1.74 bits per heavy atom. The standard InChI is InChI=1S/C26H43N3O5S/c1-17-10-11-18(2)19(16-17)21(22(31)28-25(3,4)5)29(13-14-30)23(32)20(12-15-35-9)27-24(33)34-26(6,7)8/h10-11,16,20-21,30H,12-15H2,1-9H3,(H,27,33)(H,28,31). The molecule has 0 spiro atoms. The summed E-state index contributed by atoms with van der Waals surface area (Å²) in [4.78, 5) is 41.4. The molecule has 0 radical (unpaired) electrons. The molecule has 35 heavy (non-hydrogen) atoms. The van der Waals surface area contributed by atoms with Gasteiger partial charge in [-0.25, -0.2) is 4.79 Å². The number of nitrogens with one attached hydrogen (secondary N) is 2. The highest BCUT2D eigenvalue weighted by molar-refractivity contribution is 7.98. The molecule has 2 unspecified atom stereocenters. The third-order valence-corrected chi connectivity index (χ3v) is 5.66. The fourth-order valence-corrected chi connectivity index (χ4v) is 4.03. The van der Waals surface area contributed by atoms with Crippen molar-refractivity contribution in [2.24, 2.45) is 0 Å². The Kier molecular flexibility index (Phi) is 11.6. The summed E-state index contributed by atoms with van der Waals surface area (Å²) in [5, 5.41) is 15.5. The van der Waals surface area contributed by atoms with Crippen molar-refractivity contribution in [2.75, 3.05) is 25.2 Å². The number of aryl methyl sites for hydroxylation is 2. The molecule has 2 atom stereocenters. The highest BCUT2D eigenvalue weighted by Gasteiger charge is 2.37. The van der Waals surface area contributed by atoms with Gasteiger partial charge in [-0.2, -0.15) is 11.8 Å². The van der Waals surface area contributed by atoms with Crippen LogP contribution in [0.5, 0.6) is 0 Å². The van der Waals surface area contributed by atoms with E-state index in [0.717, 1.165) is 11.1 Å². The number of hydrogen-bond acceptors (Lipinski definition) is 6. The average Bonchev–Trinajstić information content (AvgIpc) is 2.70. The molecule has 9 heteroatoms. The van der Waals surface area contributed by atoms with E-state index in [-0.39, 0.29) is 19.1 Å². The van der Waals surface area contributed by atoms with E-state index in [1.807, 2.05) is 59.1 Å². The lowest BCUT2D eigenvalue weighted by Crippen LogP contribution is -2.55. The number of carbonyl (C=O) groups is 3. The molecule has 198 valence electrons. The van der Waals surface area contributed by atoms with Crippen LogP contribution in [0, 0.1) is 13.8 Å².